The first-order valence-corrected chi connectivity index (χ1v) is 16.6. The minimum Gasteiger partial charge on any atom is -0.393 e. The van der Waals surface area contributed by atoms with E-state index in [1.807, 2.05) is 27.7 Å². The molecule has 0 aliphatic heterocycles. The maximum atomic E-state index is 14.4. The number of para-hydroxylation sites is 1. The maximum Gasteiger partial charge on any atom is 0.418 e. The van der Waals surface area contributed by atoms with Gasteiger partial charge < -0.3 is 16.0 Å². The molecule has 3 aromatic rings. The number of aryl methyl sites for hydroxylation is 1. The average molecular weight is 674 g/mol. The van der Waals surface area contributed by atoms with Crippen molar-refractivity contribution in [1.82, 2.24) is 10.3 Å². The third-order valence-corrected chi connectivity index (χ3v) is 10.4. The van der Waals surface area contributed by atoms with Crippen molar-refractivity contribution >= 4 is 45.6 Å². The standard InChI is InChI=1S/C36H43F4N3O3S/c1-5-20(3)25(33(41)47)18-31(45)35(15-14-30-27(19-35)24-11-9-12-28(32(24)42-30)36(38,39)40)43-34(46)26(21(4)6-2)17-23(44)16-22-10-7-8-13-29(22)37/h7-13,20-21,25-26,42H,5-6,14-19H2,1-4H3,(H2,41,47)(H,43,46)/t20?,21?,25-,26-,35+/m0/s1. The molecule has 11 heteroatoms. The summed E-state index contributed by atoms with van der Waals surface area (Å²) in [7, 11) is 0. The van der Waals surface area contributed by atoms with Gasteiger partial charge in [-0.1, -0.05) is 83.1 Å². The van der Waals surface area contributed by atoms with Crippen LogP contribution in [-0.4, -0.2) is 33.0 Å². The molecule has 2 aromatic carbocycles. The molecule has 1 aromatic heterocycles. The minimum atomic E-state index is -4.59. The number of halogens is 4. The van der Waals surface area contributed by atoms with E-state index in [9.17, 15) is 31.9 Å². The van der Waals surface area contributed by atoms with E-state index in [0.717, 1.165) is 6.07 Å². The summed E-state index contributed by atoms with van der Waals surface area (Å²) < 4.78 is 56.1. The fourth-order valence-corrected chi connectivity index (χ4v) is 7.04. The summed E-state index contributed by atoms with van der Waals surface area (Å²) in [5.41, 5.74) is 5.10. The highest BCUT2D eigenvalue weighted by Gasteiger charge is 2.46. The van der Waals surface area contributed by atoms with Crippen molar-refractivity contribution in [2.45, 2.75) is 90.8 Å². The van der Waals surface area contributed by atoms with Gasteiger partial charge in [0, 0.05) is 48.6 Å². The lowest BCUT2D eigenvalue weighted by Crippen LogP contribution is -2.60. The third-order valence-electron chi connectivity index (χ3n) is 10.1. The van der Waals surface area contributed by atoms with Gasteiger partial charge in [0.15, 0.2) is 5.78 Å². The van der Waals surface area contributed by atoms with Crippen LogP contribution in [0.1, 0.15) is 82.2 Å². The fourth-order valence-electron chi connectivity index (χ4n) is 6.72. The number of carbonyl (C=O) groups is 3. The molecule has 0 bridgehead atoms. The molecule has 254 valence electrons. The van der Waals surface area contributed by atoms with Crippen molar-refractivity contribution in [3.63, 3.8) is 0 Å². The number of Topliss-reactive ketones (excluding diaryl/α,β-unsaturated/α-hetero) is 2. The highest BCUT2D eigenvalue weighted by atomic mass is 32.1. The number of carbonyl (C=O) groups excluding carboxylic acids is 3. The summed E-state index contributed by atoms with van der Waals surface area (Å²) in [5, 5.41) is 3.37. The molecule has 2 unspecified atom stereocenters. The zero-order chi connectivity index (χ0) is 34.7. The number of fused-ring (bicyclic) bond motifs is 3. The van der Waals surface area contributed by atoms with E-state index in [4.69, 9.17) is 18.0 Å². The van der Waals surface area contributed by atoms with Crippen molar-refractivity contribution < 1.29 is 31.9 Å². The van der Waals surface area contributed by atoms with Crippen LogP contribution in [0.3, 0.4) is 0 Å². The zero-order valence-corrected chi connectivity index (χ0v) is 28.0. The number of hydrogen-bond donors (Lipinski definition) is 3. The number of aromatic nitrogens is 1. The van der Waals surface area contributed by atoms with Gasteiger partial charge in [0.1, 0.15) is 17.1 Å². The Kier molecular flexibility index (Phi) is 11.3. The molecule has 1 heterocycles. The number of aromatic amines is 1. The summed E-state index contributed by atoms with van der Waals surface area (Å²) in [5.74, 6) is -3.15. The lowest BCUT2D eigenvalue weighted by Gasteiger charge is -2.39. The average Bonchev–Trinajstić information content (AvgIpc) is 3.39. The Morgan fingerprint density at radius 3 is 2.28 bits per heavy atom. The first kappa shape index (κ1) is 36.2. The monoisotopic (exact) mass is 673 g/mol. The molecular formula is C36H43F4N3O3S. The van der Waals surface area contributed by atoms with E-state index < -0.39 is 40.8 Å². The van der Waals surface area contributed by atoms with Crippen molar-refractivity contribution in [2.75, 3.05) is 0 Å². The van der Waals surface area contributed by atoms with Gasteiger partial charge in [-0.25, -0.2) is 4.39 Å². The number of H-pyrrole nitrogens is 1. The number of rotatable bonds is 14. The normalized spacial score (nSPS) is 19.0. The van der Waals surface area contributed by atoms with Crippen molar-refractivity contribution in [1.29, 1.82) is 0 Å². The number of amides is 1. The van der Waals surface area contributed by atoms with Crippen LogP contribution < -0.4 is 11.1 Å². The Bertz CT molecular complexity index is 1650. The van der Waals surface area contributed by atoms with Crippen LogP contribution in [0.15, 0.2) is 42.5 Å². The number of alkyl halides is 3. The smallest absolute Gasteiger partial charge is 0.393 e. The molecule has 0 saturated carbocycles. The molecule has 1 amide bonds. The van der Waals surface area contributed by atoms with Gasteiger partial charge >= 0.3 is 6.18 Å². The molecular weight excluding hydrogens is 630 g/mol. The topological polar surface area (TPSA) is 105 Å². The van der Waals surface area contributed by atoms with Gasteiger partial charge in [-0.05, 0) is 47.9 Å². The molecule has 1 aliphatic carbocycles. The first-order chi connectivity index (χ1) is 22.1. The van der Waals surface area contributed by atoms with E-state index in [1.54, 1.807) is 12.1 Å². The van der Waals surface area contributed by atoms with Gasteiger partial charge in [-0.2, -0.15) is 13.2 Å². The number of nitrogens with two attached hydrogens (primary N) is 1. The van der Waals surface area contributed by atoms with Gasteiger partial charge in [-0.3, -0.25) is 14.4 Å². The summed E-state index contributed by atoms with van der Waals surface area (Å²) >= 11 is 5.33. The minimum absolute atomic E-state index is 0.0188. The molecule has 6 nitrogen and oxygen atoms in total. The second-order valence-corrected chi connectivity index (χ2v) is 13.6. The van der Waals surface area contributed by atoms with E-state index in [2.05, 4.69) is 10.3 Å². The number of benzene rings is 2. The largest absolute Gasteiger partial charge is 0.418 e. The predicted octanol–water partition coefficient (Wildman–Crippen LogP) is 7.44. The molecule has 0 radical (unpaired) electrons. The summed E-state index contributed by atoms with van der Waals surface area (Å²) in [6.07, 6.45) is -3.37. The van der Waals surface area contributed by atoms with Crippen LogP contribution in [0.25, 0.3) is 10.9 Å². The van der Waals surface area contributed by atoms with Gasteiger partial charge in [0.2, 0.25) is 5.91 Å². The van der Waals surface area contributed by atoms with Crippen LogP contribution in [0, 0.1) is 29.5 Å². The number of ketones is 2. The SMILES string of the molecule is CCC(C)[C@H](CC(=O)Cc1ccccc1F)C(=O)N[C@]1(C(=O)C[C@H](C(N)=S)C(C)CC)CCc2[nH]c3c(C(F)(F)F)cccc3c2C1. The van der Waals surface area contributed by atoms with E-state index in [-0.39, 0.29) is 78.0 Å². The van der Waals surface area contributed by atoms with E-state index in [0.29, 0.717) is 29.5 Å². The molecule has 4 rings (SSSR count). The Balaban J connectivity index is 1.72. The Morgan fingerprint density at radius 2 is 1.66 bits per heavy atom. The second kappa shape index (κ2) is 14.7. The van der Waals surface area contributed by atoms with Crippen LogP contribution >= 0.6 is 12.2 Å². The van der Waals surface area contributed by atoms with Gasteiger partial charge in [0.25, 0.3) is 0 Å². The van der Waals surface area contributed by atoms with Crippen molar-refractivity contribution in [3.8, 4) is 0 Å². The molecule has 5 atom stereocenters. The molecule has 0 spiro atoms. The summed E-state index contributed by atoms with van der Waals surface area (Å²) in [6, 6.07) is 9.91. The third kappa shape index (κ3) is 7.93. The number of hydrogen-bond acceptors (Lipinski definition) is 4. The first-order valence-electron chi connectivity index (χ1n) is 16.2. The van der Waals surface area contributed by atoms with Crippen LogP contribution in [0.4, 0.5) is 17.6 Å². The summed E-state index contributed by atoms with van der Waals surface area (Å²) in [4.78, 5) is 44.9. The Morgan fingerprint density at radius 1 is 1.00 bits per heavy atom. The van der Waals surface area contributed by atoms with Gasteiger partial charge in [0.05, 0.1) is 16.1 Å². The van der Waals surface area contributed by atoms with Crippen LogP contribution in [-0.2, 0) is 39.8 Å². The molecule has 0 saturated heterocycles. The van der Waals surface area contributed by atoms with E-state index >= 15 is 0 Å². The lowest BCUT2D eigenvalue weighted by molar-refractivity contribution is -0.137. The molecule has 1 aliphatic rings. The van der Waals surface area contributed by atoms with Gasteiger partial charge in [-0.15, -0.1) is 0 Å². The molecule has 0 fully saturated rings. The molecule has 47 heavy (non-hydrogen) atoms. The van der Waals surface area contributed by atoms with Crippen molar-refractivity contribution in [2.24, 2.45) is 29.4 Å². The van der Waals surface area contributed by atoms with Crippen LogP contribution in [0.5, 0.6) is 0 Å². The van der Waals surface area contributed by atoms with Crippen molar-refractivity contribution in [3.05, 3.63) is 70.7 Å². The molecule has 4 N–H and O–H groups in total. The zero-order valence-electron chi connectivity index (χ0n) is 27.2. The number of nitrogens with one attached hydrogen (secondary N) is 2. The highest BCUT2D eigenvalue weighted by Crippen LogP contribution is 2.41. The Labute approximate surface area is 278 Å². The lowest BCUT2D eigenvalue weighted by atomic mass is 9.72. The maximum absolute atomic E-state index is 14.4. The summed E-state index contributed by atoms with van der Waals surface area (Å²) in [6.45, 7) is 7.64. The highest BCUT2D eigenvalue weighted by molar-refractivity contribution is 7.80. The van der Waals surface area contributed by atoms with Crippen LogP contribution in [0.2, 0.25) is 0 Å². The fraction of sp³-hybridized carbons (Fsp3) is 0.500. The number of thiocarbonyl (C=S) groups is 1. The Hall–Kier alpha value is -3.60. The second-order valence-electron chi connectivity index (χ2n) is 13.1. The quantitative estimate of drug-likeness (QED) is 0.122. The van der Waals surface area contributed by atoms with E-state index in [1.165, 1.54) is 24.3 Å². The predicted molar refractivity (Wildman–Crippen MR) is 178 cm³/mol.